The molecule has 6 saturated carbocycles. The van der Waals surface area contributed by atoms with E-state index in [2.05, 4.69) is 15.0 Å². The Kier molecular flexibility index (Phi) is 11.3. The summed E-state index contributed by atoms with van der Waals surface area (Å²) in [6.45, 7) is 0.891. The number of carbonyl (C=O) groups is 3. The second kappa shape index (κ2) is 15.8. The second-order valence-electron chi connectivity index (χ2n) is 17.0. The van der Waals surface area contributed by atoms with Crippen LogP contribution in [0, 0.1) is 53.3 Å². The molecule has 11 atom stereocenters. The van der Waals surface area contributed by atoms with E-state index in [1.54, 1.807) is 35.3 Å². The molecular formula is C39H55N3O5S3. The van der Waals surface area contributed by atoms with Crippen LogP contribution in [0.2, 0.25) is 0 Å². The average molecular weight is 742 g/mol. The van der Waals surface area contributed by atoms with Crippen molar-refractivity contribution in [3.05, 3.63) is 0 Å². The lowest BCUT2D eigenvalue weighted by atomic mass is 9.87. The summed E-state index contributed by atoms with van der Waals surface area (Å²) in [4.78, 5) is 46.7. The number of ether oxygens (including phenoxy) is 1. The van der Waals surface area contributed by atoms with Gasteiger partial charge < -0.3 is 9.84 Å². The Morgan fingerprint density at radius 3 is 1.80 bits per heavy atom. The number of rotatable bonds is 9. The van der Waals surface area contributed by atoms with Gasteiger partial charge in [-0.25, -0.2) is 15.0 Å². The maximum Gasteiger partial charge on any atom is 0.289 e. The molecule has 7 fully saturated rings. The second-order valence-corrected chi connectivity index (χ2v) is 20.7. The maximum atomic E-state index is 12.0. The van der Waals surface area contributed by atoms with Gasteiger partial charge in [0, 0.05) is 13.2 Å². The average Bonchev–Trinajstić information content (AvgIpc) is 3.95. The van der Waals surface area contributed by atoms with Crippen molar-refractivity contribution in [2.45, 2.75) is 132 Å². The topological polar surface area (TPSA) is 118 Å². The minimum absolute atomic E-state index is 0.00857. The standard InChI is InChI=1S/C14H19NO2S.C14H21NO2S.C11H15NOS/c16-13-14(4-1-5-17-14)18-12(15-13)8-11-7-9-2-3-10(11)6-9;16-5-1-2-12-14(17)15-13(18-12)8-11-7-9-3-4-10(11)6-9;13-10-6-14-11(12-10)5-9-4-7-1-2-8(9)3-7/h9-11H,1-8H2;9-12,16H,1-8H2;7-9H,1-6H2. The molecule has 50 heavy (non-hydrogen) atoms. The first-order chi connectivity index (χ1) is 24.3. The normalized spacial score (nSPS) is 41.9. The predicted molar refractivity (Wildman–Crippen MR) is 204 cm³/mol. The van der Waals surface area contributed by atoms with Gasteiger partial charge in [-0.15, -0.1) is 11.8 Å². The molecule has 3 amide bonds. The number of hydrogen-bond acceptors (Lipinski definition) is 8. The van der Waals surface area contributed by atoms with Gasteiger partial charge in [-0.05, 0) is 156 Å². The molecule has 8 nitrogen and oxygen atoms in total. The zero-order chi connectivity index (χ0) is 34.2. The van der Waals surface area contributed by atoms with E-state index in [0.29, 0.717) is 12.2 Å². The van der Waals surface area contributed by atoms with E-state index >= 15 is 0 Å². The number of fused-ring (bicyclic) bond motifs is 6. The fourth-order valence-corrected chi connectivity index (χ4v) is 14.8. The summed E-state index contributed by atoms with van der Waals surface area (Å²) < 4.78 is 5.67. The molecule has 4 heterocycles. The summed E-state index contributed by atoms with van der Waals surface area (Å²) >= 11 is 4.95. The molecule has 1 spiro atoms. The Bertz CT molecular complexity index is 1410. The van der Waals surface area contributed by atoms with Crippen LogP contribution in [-0.2, 0) is 19.1 Å². The zero-order valence-electron chi connectivity index (χ0n) is 29.5. The van der Waals surface area contributed by atoms with Gasteiger partial charge in [0.2, 0.25) is 0 Å². The molecule has 4 aliphatic heterocycles. The van der Waals surface area contributed by atoms with Gasteiger partial charge in [-0.3, -0.25) is 14.4 Å². The number of nitrogens with zero attached hydrogens (tertiary/aromatic N) is 3. The van der Waals surface area contributed by atoms with Crippen LogP contribution in [0.3, 0.4) is 0 Å². The van der Waals surface area contributed by atoms with E-state index in [9.17, 15) is 14.4 Å². The van der Waals surface area contributed by atoms with Gasteiger partial charge in [-0.2, -0.15) is 0 Å². The maximum absolute atomic E-state index is 12.0. The summed E-state index contributed by atoms with van der Waals surface area (Å²) in [6.07, 6.45) is 23.5. The number of aliphatic hydroxyl groups excluding tert-OH is 1. The molecule has 0 aromatic heterocycles. The molecule has 10 aliphatic rings. The van der Waals surface area contributed by atoms with Crippen LogP contribution in [0.25, 0.3) is 0 Å². The van der Waals surface area contributed by atoms with Crippen LogP contribution in [0.5, 0.6) is 0 Å². The van der Waals surface area contributed by atoms with Crippen molar-refractivity contribution >= 4 is 68.1 Å². The van der Waals surface area contributed by atoms with E-state index < -0.39 is 4.93 Å². The Hall–Kier alpha value is -1.01. The number of thioether (sulfide) groups is 3. The van der Waals surface area contributed by atoms with Crippen molar-refractivity contribution in [1.29, 1.82) is 0 Å². The van der Waals surface area contributed by atoms with Gasteiger partial charge in [0.05, 0.1) is 26.1 Å². The van der Waals surface area contributed by atoms with E-state index in [4.69, 9.17) is 9.84 Å². The molecule has 6 bridgehead atoms. The summed E-state index contributed by atoms with van der Waals surface area (Å²) in [5.74, 6) is 8.83. The van der Waals surface area contributed by atoms with Gasteiger partial charge in [0.15, 0.2) is 4.93 Å². The minimum Gasteiger partial charge on any atom is -0.396 e. The van der Waals surface area contributed by atoms with Crippen molar-refractivity contribution in [1.82, 2.24) is 0 Å². The Balaban J connectivity index is 0.000000109. The van der Waals surface area contributed by atoms with Crippen molar-refractivity contribution in [3.8, 4) is 0 Å². The SMILES string of the molecule is O=C1CSC(CC2CC3CCC2C3)=N1.O=C1N=C(CC2CC3CCC2C3)SC12CCCO2.O=C1N=C(CC2CC3CCC2C3)SC1CCCO. The molecule has 0 aromatic carbocycles. The van der Waals surface area contributed by atoms with Gasteiger partial charge >= 0.3 is 0 Å². The summed E-state index contributed by atoms with van der Waals surface area (Å²) in [5.41, 5.74) is 0. The van der Waals surface area contributed by atoms with E-state index in [-0.39, 0.29) is 29.6 Å². The molecule has 1 N–H and O–H groups in total. The predicted octanol–water partition coefficient (Wildman–Crippen LogP) is 8.10. The van der Waals surface area contributed by atoms with Crippen LogP contribution >= 0.6 is 35.3 Å². The third-order valence-corrected chi connectivity index (χ3v) is 17.4. The van der Waals surface area contributed by atoms with Crippen molar-refractivity contribution in [3.63, 3.8) is 0 Å². The van der Waals surface area contributed by atoms with Crippen molar-refractivity contribution in [2.75, 3.05) is 19.0 Å². The first-order valence-electron chi connectivity index (χ1n) is 19.9. The Labute approximate surface area is 310 Å². The molecule has 10 rings (SSSR count). The van der Waals surface area contributed by atoms with Gasteiger partial charge in [0.25, 0.3) is 17.7 Å². The van der Waals surface area contributed by atoms with Crippen LogP contribution in [0.15, 0.2) is 15.0 Å². The lowest BCUT2D eigenvalue weighted by Gasteiger charge is -2.22. The summed E-state index contributed by atoms with van der Waals surface area (Å²) in [6, 6.07) is 0. The van der Waals surface area contributed by atoms with Crippen LogP contribution in [0.1, 0.15) is 122 Å². The lowest BCUT2D eigenvalue weighted by molar-refractivity contribution is -0.128. The number of aliphatic hydroxyl groups is 1. The molecule has 6 aliphatic carbocycles. The van der Waals surface area contributed by atoms with Crippen molar-refractivity contribution < 1.29 is 24.2 Å². The Morgan fingerprint density at radius 1 is 0.720 bits per heavy atom. The highest BCUT2D eigenvalue weighted by Crippen LogP contribution is 2.53. The molecule has 1 saturated heterocycles. The molecule has 0 aromatic rings. The highest BCUT2D eigenvalue weighted by Gasteiger charge is 2.50. The molecule has 274 valence electrons. The smallest absolute Gasteiger partial charge is 0.289 e. The number of carbonyl (C=O) groups excluding carboxylic acids is 3. The van der Waals surface area contributed by atoms with E-state index in [0.717, 1.165) is 114 Å². The third-order valence-electron chi connectivity index (χ3n) is 13.8. The molecule has 0 radical (unpaired) electrons. The minimum atomic E-state index is -0.604. The highest BCUT2D eigenvalue weighted by atomic mass is 32.2. The van der Waals surface area contributed by atoms with Gasteiger partial charge in [0.1, 0.15) is 0 Å². The molecular weight excluding hydrogens is 687 g/mol. The van der Waals surface area contributed by atoms with E-state index in [1.807, 2.05) is 0 Å². The molecule has 11 heteroatoms. The number of hydrogen-bond donors (Lipinski definition) is 1. The monoisotopic (exact) mass is 741 g/mol. The fraction of sp³-hybridized carbons (Fsp3) is 0.846. The fourth-order valence-electron chi connectivity index (χ4n) is 11.4. The zero-order valence-corrected chi connectivity index (χ0v) is 31.9. The van der Waals surface area contributed by atoms with Crippen LogP contribution in [-0.4, -0.2) is 67.1 Å². The number of aliphatic imine (C=N–C) groups is 3. The summed E-state index contributed by atoms with van der Waals surface area (Å²) in [5, 5.41) is 12.1. The highest BCUT2D eigenvalue weighted by molar-refractivity contribution is 8.16. The van der Waals surface area contributed by atoms with Gasteiger partial charge in [-0.1, -0.05) is 42.8 Å². The summed E-state index contributed by atoms with van der Waals surface area (Å²) in [7, 11) is 0. The van der Waals surface area contributed by atoms with Crippen LogP contribution in [0.4, 0.5) is 0 Å². The quantitative estimate of drug-likeness (QED) is 0.252. The number of amides is 3. The van der Waals surface area contributed by atoms with Crippen molar-refractivity contribution in [2.24, 2.45) is 68.2 Å². The first kappa shape index (κ1) is 36.0. The molecule has 11 unspecified atom stereocenters. The lowest BCUT2D eigenvalue weighted by Crippen LogP contribution is -2.29. The van der Waals surface area contributed by atoms with E-state index in [1.165, 1.54) is 77.0 Å². The largest absolute Gasteiger partial charge is 0.396 e. The third kappa shape index (κ3) is 8.07. The first-order valence-corrected chi connectivity index (χ1v) is 22.6. The Morgan fingerprint density at radius 2 is 1.32 bits per heavy atom. The van der Waals surface area contributed by atoms with Crippen LogP contribution < -0.4 is 0 Å².